The largest absolute Gasteiger partial charge is 0.272 e. The Morgan fingerprint density at radius 2 is 1.67 bits per heavy atom. The lowest BCUT2D eigenvalue weighted by atomic mass is 10.1. The number of benzene rings is 1. The number of carbonyl (C=O) groups is 2. The number of carbonyl (C=O) groups excluding carboxylic acids is 2. The molecule has 2 heterocycles. The number of amides is 2. The van der Waals surface area contributed by atoms with Gasteiger partial charge in [-0.1, -0.05) is 12.1 Å². The molecule has 0 atom stereocenters. The second kappa shape index (κ2) is 4.19. The Hall–Kier alpha value is -2.28. The lowest BCUT2D eigenvalue weighted by Gasteiger charge is -2.09. The van der Waals surface area contributed by atoms with E-state index in [9.17, 15) is 9.59 Å². The van der Waals surface area contributed by atoms with Gasteiger partial charge in [-0.15, -0.1) is 10.2 Å². The summed E-state index contributed by atoms with van der Waals surface area (Å²) in [4.78, 5) is 24.1. The third kappa shape index (κ3) is 1.65. The number of aromatic nitrogens is 3. The molecule has 2 aromatic rings. The van der Waals surface area contributed by atoms with Crippen LogP contribution in [0.2, 0.25) is 0 Å². The molecule has 0 unspecified atom stereocenters. The van der Waals surface area contributed by atoms with Gasteiger partial charge in [-0.25, -0.2) is 4.31 Å². The van der Waals surface area contributed by atoms with Crippen molar-refractivity contribution in [2.75, 3.05) is 0 Å². The van der Waals surface area contributed by atoms with Crippen LogP contribution in [0.25, 0.3) is 0 Å². The van der Waals surface area contributed by atoms with Gasteiger partial charge < -0.3 is 0 Å². The minimum Gasteiger partial charge on any atom is -0.268 e. The molecule has 3 rings (SSSR count). The fourth-order valence-corrected chi connectivity index (χ4v) is 2.37. The Balaban J connectivity index is 1.93. The zero-order valence-corrected chi connectivity index (χ0v) is 9.79. The van der Waals surface area contributed by atoms with Crippen molar-refractivity contribution in [1.29, 1.82) is 0 Å². The highest BCUT2D eigenvalue weighted by molar-refractivity contribution is 7.98. The van der Waals surface area contributed by atoms with Crippen LogP contribution in [0, 0.1) is 0 Å². The second-order valence-corrected chi connectivity index (χ2v) is 4.47. The van der Waals surface area contributed by atoms with E-state index in [0.29, 0.717) is 16.2 Å². The Morgan fingerprint density at radius 1 is 1.00 bits per heavy atom. The van der Waals surface area contributed by atoms with Crippen LogP contribution >= 0.6 is 11.9 Å². The molecule has 0 radical (unpaired) electrons. The number of hydrogen-bond acceptors (Lipinski definition) is 6. The summed E-state index contributed by atoms with van der Waals surface area (Å²) in [6.45, 7) is 0. The molecule has 1 aromatic carbocycles. The summed E-state index contributed by atoms with van der Waals surface area (Å²) in [5.74, 6) is -0.668. The number of fused-ring (bicyclic) bond motifs is 1. The van der Waals surface area contributed by atoms with Gasteiger partial charge in [-0.2, -0.15) is 0 Å². The second-order valence-electron chi connectivity index (χ2n) is 3.50. The van der Waals surface area contributed by atoms with Gasteiger partial charge in [-0.05, 0) is 23.4 Å². The summed E-state index contributed by atoms with van der Waals surface area (Å²) in [5.41, 5.74) is 0.828. The first kappa shape index (κ1) is 10.8. The van der Waals surface area contributed by atoms with Crippen molar-refractivity contribution in [3.05, 3.63) is 47.7 Å². The number of imide groups is 1. The number of rotatable bonds is 2. The topological polar surface area (TPSA) is 76.1 Å². The zero-order valence-electron chi connectivity index (χ0n) is 8.98. The normalized spacial score (nSPS) is 13.9. The maximum Gasteiger partial charge on any atom is 0.272 e. The third-order valence-corrected chi connectivity index (χ3v) is 3.34. The van der Waals surface area contributed by atoms with Gasteiger partial charge in [0.05, 0.1) is 17.3 Å². The van der Waals surface area contributed by atoms with E-state index in [2.05, 4.69) is 15.4 Å². The maximum absolute atomic E-state index is 12.0. The minimum atomic E-state index is -0.334. The average Bonchev–Trinajstić information content (AvgIpc) is 2.66. The van der Waals surface area contributed by atoms with Crippen LogP contribution in [0.15, 0.2) is 41.6 Å². The van der Waals surface area contributed by atoms with Crippen molar-refractivity contribution in [3.8, 4) is 0 Å². The Kier molecular flexibility index (Phi) is 2.52. The van der Waals surface area contributed by atoms with Gasteiger partial charge >= 0.3 is 0 Å². The van der Waals surface area contributed by atoms with Gasteiger partial charge in [0.15, 0.2) is 0 Å². The molecule has 1 aliphatic heterocycles. The van der Waals surface area contributed by atoms with Crippen LogP contribution in [0.5, 0.6) is 0 Å². The van der Waals surface area contributed by atoms with Crippen LogP contribution in [0.4, 0.5) is 0 Å². The van der Waals surface area contributed by atoms with Crippen molar-refractivity contribution >= 4 is 23.8 Å². The predicted octanol–water partition coefficient (Wildman–Crippen LogP) is 1.17. The van der Waals surface area contributed by atoms with E-state index in [1.54, 1.807) is 30.3 Å². The van der Waals surface area contributed by atoms with E-state index in [-0.39, 0.29) is 11.8 Å². The highest BCUT2D eigenvalue weighted by atomic mass is 32.2. The van der Waals surface area contributed by atoms with Crippen LogP contribution in [-0.4, -0.2) is 31.5 Å². The first-order valence-electron chi connectivity index (χ1n) is 5.07. The molecule has 18 heavy (non-hydrogen) atoms. The molecule has 88 valence electrons. The van der Waals surface area contributed by atoms with Crippen LogP contribution in [0.3, 0.4) is 0 Å². The molecule has 1 aromatic heterocycles. The van der Waals surface area contributed by atoms with Crippen LogP contribution < -0.4 is 0 Å². The number of hydrogen-bond donors (Lipinski definition) is 0. The zero-order chi connectivity index (χ0) is 12.5. The standard InChI is InChI=1S/C11H6N4O2S/c16-10-7-3-1-2-4-8(7)11(17)15(10)18-9-5-6-12-14-13-9/h1-6H. The maximum atomic E-state index is 12.0. The van der Waals surface area contributed by atoms with Crippen molar-refractivity contribution in [2.24, 2.45) is 0 Å². The van der Waals surface area contributed by atoms with Gasteiger partial charge in [0, 0.05) is 11.9 Å². The van der Waals surface area contributed by atoms with Crippen LogP contribution in [0.1, 0.15) is 20.7 Å². The molecular weight excluding hydrogens is 252 g/mol. The van der Waals surface area contributed by atoms with Crippen LogP contribution in [-0.2, 0) is 0 Å². The molecule has 2 amide bonds. The first-order chi connectivity index (χ1) is 8.77. The van der Waals surface area contributed by atoms with Gasteiger partial charge in [0.25, 0.3) is 11.8 Å². The summed E-state index contributed by atoms with van der Waals surface area (Å²) < 4.78 is 1.08. The third-order valence-electron chi connectivity index (χ3n) is 2.42. The molecule has 0 N–H and O–H groups in total. The molecule has 7 heteroatoms. The molecule has 6 nitrogen and oxygen atoms in total. The SMILES string of the molecule is O=C1c2ccccc2C(=O)N1Sc1ccnnn1. The lowest BCUT2D eigenvalue weighted by molar-refractivity contribution is 0.0777. The lowest BCUT2D eigenvalue weighted by Crippen LogP contribution is -2.22. The highest BCUT2D eigenvalue weighted by Crippen LogP contribution is 2.31. The van der Waals surface area contributed by atoms with Crippen molar-refractivity contribution in [2.45, 2.75) is 5.03 Å². The van der Waals surface area contributed by atoms with E-state index < -0.39 is 0 Å². The Bertz CT molecular complexity index is 597. The molecular formula is C11H6N4O2S. The van der Waals surface area contributed by atoms with E-state index >= 15 is 0 Å². The minimum absolute atomic E-state index is 0.334. The quantitative estimate of drug-likeness (QED) is 0.594. The smallest absolute Gasteiger partial charge is 0.268 e. The summed E-state index contributed by atoms with van der Waals surface area (Å²) in [6, 6.07) is 8.30. The summed E-state index contributed by atoms with van der Waals surface area (Å²) in [5, 5.41) is 11.2. The summed E-state index contributed by atoms with van der Waals surface area (Å²) in [6.07, 6.45) is 1.45. The molecule has 0 saturated carbocycles. The van der Waals surface area contributed by atoms with Gasteiger partial charge in [-0.3, -0.25) is 9.59 Å². The van der Waals surface area contributed by atoms with E-state index in [1.165, 1.54) is 6.20 Å². The molecule has 0 aliphatic carbocycles. The molecule has 1 aliphatic rings. The monoisotopic (exact) mass is 258 g/mol. The summed E-state index contributed by atoms with van der Waals surface area (Å²) in [7, 11) is 0. The predicted molar refractivity (Wildman–Crippen MR) is 62.6 cm³/mol. The fourth-order valence-electron chi connectivity index (χ4n) is 1.62. The molecule has 0 fully saturated rings. The van der Waals surface area contributed by atoms with E-state index in [4.69, 9.17) is 0 Å². The number of nitrogens with zero attached hydrogens (tertiary/aromatic N) is 4. The van der Waals surface area contributed by atoms with Crippen molar-refractivity contribution in [1.82, 2.24) is 19.7 Å². The molecule has 0 bridgehead atoms. The van der Waals surface area contributed by atoms with E-state index in [1.807, 2.05) is 0 Å². The first-order valence-corrected chi connectivity index (χ1v) is 5.85. The van der Waals surface area contributed by atoms with Gasteiger partial charge in [0.1, 0.15) is 5.03 Å². The fraction of sp³-hybridized carbons (Fsp3) is 0. The Labute approximate surface area is 106 Å². The molecule has 0 saturated heterocycles. The summed E-state index contributed by atoms with van der Waals surface area (Å²) >= 11 is 0.945. The van der Waals surface area contributed by atoms with Gasteiger partial charge in [0.2, 0.25) is 0 Å². The van der Waals surface area contributed by atoms with E-state index in [0.717, 1.165) is 16.3 Å². The highest BCUT2D eigenvalue weighted by Gasteiger charge is 2.36. The van der Waals surface area contributed by atoms with Crippen molar-refractivity contribution < 1.29 is 9.59 Å². The Morgan fingerprint density at radius 3 is 2.22 bits per heavy atom. The molecule has 0 spiro atoms. The average molecular weight is 258 g/mol. The van der Waals surface area contributed by atoms with Crippen molar-refractivity contribution in [3.63, 3.8) is 0 Å².